The van der Waals surface area contributed by atoms with Crippen molar-refractivity contribution < 1.29 is 0 Å². The molecule has 1 aliphatic rings. The lowest BCUT2D eigenvalue weighted by atomic mass is 9.93. The number of hydrogen-bond acceptors (Lipinski definition) is 4. The van der Waals surface area contributed by atoms with Crippen molar-refractivity contribution in [1.29, 1.82) is 0 Å². The smallest absolute Gasteiger partial charge is 0.179 e. The highest BCUT2D eigenvalue weighted by atomic mass is 15.0. The summed E-state index contributed by atoms with van der Waals surface area (Å²) in [7, 11) is 0. The van der Waals surface area contributed by atoms with Crippen LogP contribution in [0.1, 0.15) is 30.5 Å². The Morgan fingerprint density at radius 1 is 0.711 bits per heavy atom. The molecule has 0 fully saturated rings. The van der Waals surface area contributed by atoms with Gasteiger partial charge in [0.05, 0.1) is 22.6 Å². The molecular formula is C33H25N5. The van der Waals surface area contributed by atoms with E-state index >= 15 is 0 Å². The molecule has 7 rings (SSSR count). The van der Waals surface area contributed by atoms with Gasteiger partial charge in [-0.25, -0.2) is 9.97 Å². The molecule has 0 aliphatic heterocycles. The predicted molar refractivity (Wildman–Crippen MR) is 153 cm³/mol. The Bertz CT molecular complexity index is 1730. The van der Waals surface area contributed by atoms with Crippen molar-refractivity contribution in [2.24, 2.45) is 0 Å². The molecule has 5 heteroatoms. The Hall–Kier alpha value is -4.90. The van der Waals surface area contributed by atoms with Crippen LogP contribution in [0.3, 0.4) is 0 Å². The summed E-state index contributed by atoms with van der Waals surface area (Å²) in [6.07, 6.45) is 9.17. The van der Waals surface area contributed by atoms with Crippen molar-refractivity contribution in [2.75, 3.05) is 0 Å². The summed E-state index contributed by atoms with van der Waals surface area (Å²) < 4.78 is 2.42. The number of fused-ring (bicyclic) bond motifs is 3. The minimum absolute atomic E-state index is 0.450. The number of rotatable bonds is 4. The SMILES string of the molecule is CC1CC=Cc2c1n(-c1ccc(-c3cc(-c4ccccn4)nc(-c4ccccn4)n3)cc1)c1ccccc21. The van der Waals surface area contributed by atoms with Gasteiger partial charge in [-0.05, 0) is 55.0 Å². The molecule has 0 saturated heterocycles. The van der Waals surface area contributed by atoms with Crippen LogP contribution in [-0.2, 0) is 0 Å². The van der Waals surface area contributed by atoms with E-state index in [4.69, 9.17) is 9.97 Å². The van der Waals surface area contributed by atoms with Crippen LogP contribution in [-0.4, -0.2) is 24.5 Å². The van der Waals surface area contributed by atoms with Gasteiger partial charge < -0.3 is 4.57 Å². The molecule has 6 aromatic rings. The second kappa shape index (κ2) is 9.20. The Labute approximate surface area is 221 Å². The summed E-state index contributed by atoms with van der Waals surface area (Å²) in [5.41, 5.74) is 9.25. The zero-order valence-electron chi connectivity index (χ0n) is 21.0. The van der Waals surface area contributed by atoms with E-state index in [1.54, 1.807) is 12.4 Å². The fourth-order valence-electron chi connectivity index (χ4n) is 5.36. The minimum atomic E-state index is 0.450. The third-order valence-electron chi connectivity index (χ3n) is 7.16. The first-order valence-electron chi connectivity index (χ1n) is 12.9. The maximum absolute atomic E-state index is 4.91. The normalized spacial score (nSPS) is 14.5. The Balaban J connectivity index is 1.36. The zero-order valence-corrected chi connectivity index (χ0v) is 21.0. The molecule has 1 unspecified atom stereocenters. The lowest BCUT2D eigenvalue weighted by Gasteiger charge is -2.19. The van der Waals surface area contributed by atoms with Crippen LogP contribution in [0.2, 0.25) is 0 Å². The fraction of sp³-hybridized carbons (Fsp3) is 0.0909. The number of nitrogens with zero attached hydrogens (tertiary/aromatic N) is 5. The van der Waals surface area contributed by atoms with Gasteiger partial charge in [0.15, 0.2) is 5.82 Å². The van der Waals surface area contributed by atoms with E-state index in [-0.39, 0.29) is 0 Å². The average molecular weight is 492 g/mol. The third kappa shape index (κ3) is 3.80. The summed E-state index contributed by atoms with van der Waals surface area (Å²) in [4.78, 5) is 18.7. The van der Waals surface area contributed by atoms with Gasteiger partial charge in [-0.3, -0.25) is 9.97 Å². The van der Waals surface area contributed by atoms with E-state index < -0.39 is 0 Å². The second-order valence-corrected chi connectivity index (χ2v) is 9.63. The van der Waals surface area contributed by atoms with E-state index in [1.165, 1.54) is 22.2 Å². The standard InChI is InChI=1S/C33H25N5/c1-22-9-8-11-26-25-10-2-3-14-31(25)38(32(22)26)24-17-15-23(16-18-24)29-21-30(27-12-4-6-19-34-27)37-33(36-29)28-13-5-7-20-35-28/h2-8,10-22H,9H2,1H3. The quantitative estimate of drug-likeness (QED) is 0.253. The van der Waals surface area contributed by atoms with E-state index in [9.17, 15) is 0 Å². The van der Waals surface area contributed by atoms with Crippen molar-refractivity contribution in [3.63, 3.8) is 0 Å². The molecule has 0 spiro atoms. The monoisotopic (exact) mass is 491 g/mol. The number of aromatic nitrogens is 5. The predicted octanol–water partition coefficient (Wildman–Crippen LogP) is 7.73. The maximum Gasteiger partial charge on any atom is 0.179 e. The summed E-state index contributed by atoms with van der Waals surface area (Å²) in [5.74, 6) is 1.03. The lowest BCUT2D eigenvalue weighted by Crippen LogP contribution is -2.07. The molecule has 38 heavy (non-hydrogen) atoms. The molecule has 0 amide bonds. The summed E-state index contributed by atoms with van der Waals surface area (Å²) in [5, 5.41) is 1.30. The molecule has 1 atom stereocenters. The Kier molecular flexibility index (Phi) is 5.40. The Morgan fingerprint density at radius 3 is 2.18 bits per heavy atom. The number of allylic oxidation sites excluding steroid dienone is 1. The molecule has 4 aromatic heterocycles. The largest absolute Gasteiger partial charge is 0.313 e. The first kappa shape index (κ1) is 22.3. The molecule has 5 nitrogen and oxygen atoms in total. The summed E-state index contributed by atoms with van der Waals surface area (Å²) >= 11 is 0. The van der Waals surface area contributed by atoms with Gasteiger partial charge in [-0.1, -0.05) is 61.5 Å². The fourth-order valence-corrected chi connectivity index (χ4v) is 5.36. The highest BCUT2D eigenvalue weighted by molar-refractivity contribution is 5.93. The van der Waals surface area contributed by atoms with Crippen LogP contribution in [0, 0.1) is 0 Å². The molecule has 0 N–H and O–H groups in total. The van der Waals surface area contributed by atoms with Crippen molar-refractivity contribution in [2.45, 2.75) is 19.3 Å². The van der Waals surface area contributed by atoms with Crippen LogP contribution >= 0.6 is 0 Å². The van der Waals surface area contributed by atoms with Gasteiger partial charge in [0.1, 0.15) is 5.69 Å². The molecule has 1 aliphatic carbocycles. The van der Waals surface area contributed by atoms with Crippen LogP contribution in [0.5, 0.6) is 0 Å². The Morgan fingerprint density at radius 2 is 1.42 bits per heavy atom. The third-order valence-corrected chi connectivity index (χ3v) is 7.16. The van der Waals surface area contributed by atoms with Crippen LogP contribution in [0.15, 0.2) is 109 Å². The van der Waals surface area contributed by atoms with E-state index in [0.29, 0.717) is 11.7 Å². The van der Waals surface area contributed by atoms with Gasteiger partial charge >= 0.3 is 0 Å². The summed E-state index contributed by atoms with van der Waals surface area (Å²) in [6, 6.07) is 31.0. The first-order chi connectivity index (χ1) is 18.8. The number of hydrogen-bond donors (Lipinski definition) is 0. The number of benzene rings is 2. The molecular weight excluding hydrogens is 466 g/mol. The molecule has 182 valence electrons. The number of pyridine rings is 2. The van der Waals surface area contributed by atoms with E-state index in [0.717, 1.165) is 40.4 Å². The lowest BCUT2D eigenvalue weighted by molar-refractivity contribution is 0.723. The van der Waals surface area contributed by atoms with E-state index in [2.05, 4.69) is 82.1 Å². The number of para-hydroxylation sites is 1. The van der Waals surface area contributed by atoms with Gasteiger partial charge in [-0.15, -0.1) is 0 Å². The molecule has 0 bridgehead atoms. The maximum atomic E-state index is 4.91. The van der Waals surface area contributed by atoms with Crippen LogP contribution in [0.25, 0.3) is 56.8 Å². The van der Waals surface area contributed by atoms with Crippen molar-refractivity contribution in [1.82, 2.24) is 24.5 Å². The van der Waals surface area contributed by atoms with Gasteiger partial charge in [0.25, 0.3) is 0 Å². The zero-order chi connectivity index (χ0) is 25.5. The molecule has 0 radical (unpaired) electrons. The van der Waals surface area contributed by atoms with Crippen molar-refractivity contribution in [3.05, 3.63) is 121 Å². The van der Waals surface area contributed by atoms with Gasteiger partial charge in [0.2, 0.25) is 0 Å². The average Bonchev–Trinajstić information content (AvgIpc) is 3.34. The highest BCUT2D eigenvalue weighted by Gasteiger charge is 2.23. The summed E-state index contributed by atoms with van der Waals surface area (Å²) in [6.45, 7) is 2.31. The van der Waals surface area contributed by atoms with Crippen LogP contribution < -0.4 is 0 Å². The second-order valence-electron chi connectivity index (χ2n) is 9.63. The molecule has 2 aromatic carbocycles. The minimum Gasteiger partial charge on any atom is -0.313 e. The van der Waals surface area contributed by atoms with Crippen LogP contribution in [0.4, 0.5) is 0 Å². The molecule has 0 saturated carbocycles. The van der Waals surface area contributed by atoms with Gasteiger partial charge in [-0.2, -0.15) is 0 Å². The molecule has 4 heterocycles. The first-order valence-corrected chi connectivity index (χ1v) is 12.9. The van der Waals surface area contributed by atoms with Crippen molar-refractivity contribution >= 4 is 17.0 Å². The van der Waals surface area contributed by atoms with E-state index in [1.807, 2.05) is 42.5 Å². The highest BCUT2D eigenvalue weighted by Crippen LogP contribution is 2.39. The van der Waals surface area contributed by atoms with Crippen molar-refractivity contribution in [3.8, 4) is 39.9 Å². The topological polar surface area (TPSA) is 56.5 Å². The van der Waals surface area contributed by atoms with Gasteiger partial charge in [0, 0.05) is 46.2 Å².